The number of aromatic nitrogens is 5. The summed E-state index contributed by atoms with van der Waals surface area (Å²) in [5.41, 5.74) is 4.02. The van der Waals surface area contributed by atoms with Gasteiger partial charge in [0.25, 0.3) is 11.8 Å². The molecule has 0 spiro atoms. The molecule has 0 saturated heterocycles. The van der Waals surface area contributed by atoms with Gasteiger partial charge in [0.2, 0.25) is 0 Å². The summed E-state index contributed by atoms with van der Waals surface area (Å²) >= 11 is 0. The second-order valence-electron chi connectivity index (χ2n) is 6.93. The summed E-state index contributed by atoms with van der Waals surface area (Å²) in [5.74, 6) is 1.60. The van der Waals surface area contributed by atoms with Gasteiger partial charge in [-0.3, -0.25) is 14.5 Å². The summed E-state index contributed by atoms with van der Waals surface area (Å²) in [7, 11) is 1.88. The second-order valence-corrected chi connectivity index (χ2v) is 6.93. The third kappa shape index (κ3) is 2.33. The third-order valence-corrected chi connectivity index (χ3v) is 5.08. The van der Waals surface area contributed by atoms with Crippen molar-refractivity contribution in [1.29, 1.82) is 0 Å². The predicted octanol–water partition coefficient (Wildman–Crippen LogP) is 2.21. The van der Waals surface area contributed by atoms with E-state index in [4.69, 9.17) is 4.52 Å². The van der Waals surface area contributed by atoms with Crippen molar-refractivity contribution in [3.8, 4) is 11.6 Å². The summed E-state index contributed by atoms with van der Waals surface area (Å²) in [4.78, 5) is 23.4. The Labute approximate surface area is 149 Å². The van der Waals surface area contributed by atoms with Crippen LogP contribution in [0.25, 0.3) is 11.6 Å². The van der Waals surface area contributed by atoms with Gasteiger partial charge in [-0.1, -0.05) is 5.16 Å². The molecule has 132 valence electrons. The molecule has 5 rings (SSSR count). The van der Waals surface area contributed by atoms with E-state index in [0.717, 1.165) is 35.6 Å². The summed E-state index contributed by atoms with van der Waals surface area (Å²) in [6.45, 7) is 2.84. The van der Waals surface area contributed by atoms with Crippen molar-refractivity contribution in [3.05, 3.63) is 46.7 Å². The average molecular weight is 350 g/mol. The average Bonchev–Trinajstić information content (AvgIpc) is 3.09. The molecular formula is C18H18N6O2. The van der Waals surface area contributed by atoms with Gasteiger partial charge in [0.05, 0.1) is 24.3 Å². The zero-order chi connectivity index (χ0) is 17.8. The SMILES string of the molecule is Cc1ncccc1C(=O)N1Cc2c(-c3nc(C4CC4)no3)nn(C)c2C1. The molecule has 1 aliphatic carbocycles. The Morgan fingerprint density at radius 1 is 1.31 bits per heavy atom. The first kappa shape index (κ1) is 15.2. The number of fused-ring (bicyclic) bond motifs is 1. The molecule has 26 heavy (non-hydrogen) atoms. The molecule has 3 aromatic rings. The van der Waals surface area contributed by atoms with Gasteiger partial charge >= 0.3 is 0 Å². The van der Waals surface area contributed by atoms with Crippen LogP contribution in [-0.2, 0) is 20.1 Å². The maximum absolute atomic E-state index is 12.9. The molecule has 3 aromatic heterocycles. The fourth-order valence-corrected chi connectivity index (χ4v) is 3.43. The van der Waals surface area contributed by atoms with Crippen LogP contribution >= 0.6 is 0 Å². The first-order valence-electron chi connectivity index (χ1n) is 8.71. The zero-order valence-electron chi connectivity index (χ0n) is 14.6. The van der Waals surface area contributed by atoms with E-state index in [-0.39, 0.29) is 5.91 Å². The topological polar surface area (TPSA) is 89.9 Å². The minimum Gasteiger partial charge on any atom is -0.332 e. The molecule has 1 fully saturated rings. The lowest BCUT2D eigenvalue weighted by atomic mass is 10.2. The lowest BCUT2D eigenvalue weighted by Gasteiger charge is -2.17. The lowest BCUT2D eigenvalue weighted by Crippen LogP contribution is -2.27. The monoisotopic (exact) mass is 350 g/mol. The molecule has 0 atom stereocenters. The molecule has 1 aliphatic heterocycles. The summed E-state index contributed by atoms with van der Waals surface area (Å²) < 4.78 is 7.24. The number of hydrogen-bond donors (Lipinski definition) is 0. The number of carbonyl (C=O) groups is 1. The van der Waals surface area contributed by atoms with Crippen LogP contribution in [0.5, 0.6) is 0 Å². The number of hydrogen-bond acceptors (Lipinski definition) is 6. The number of amides is 1. The molecule has 4 heterocycles. The summed E-state index contributed by atoms with van der Waals surface area (Å²) in [5, 5.41) is 8.63. The molecule has 0 unspecified atom stereocenters. The molecule has 1 amide bonds. The fourth-order valence-electron chi connectivity index (χ4n) is 3.43. The van der Waals surface area contributed by atoms with Crippen LogP contribution in [0.4, 0.5) is 0 Å². The Hall–Kier alpha value is -3.03. The highest BCUT2D eigenvalue weighted by atomic mass is 16.5. The quantitative estimate of drug-likeness (QED) is 0.719. The number of pyridine rings is 1. The van der Waals surface area contributed by atoms with Crippen molar-refractivity contribution >= 4 is 5.91 Å². The zero-order valence-corrected chi connectivity index (χ0v) is 14.6. The molecule has 2 aliphatic rings. The van der Waals surface area contributed by atoms with Crippen molar-refractivity contribution in [1.82, 2.24) is 29.8 Å². The van der Waals surface area contributed by atoms with Gasteiger partial charge in [-0.25, -0.2) is 0 Å². The molecule has 0 N–H and O–H groups in total. The first-order valence-corrected chi connectivity index (χ1v) is 8.71. The van der Waals surface area contributed by atoms with E-state index in [1.165, 1.54) is 0 Å². The van der Waals surface area contributed by atoms with Crippen molar-refractivity contribution in [3.63, 3.8) is 0 Å². The smallest absolute Gasteiger partial charge is 0.278 e. The van der Waals surface area contributed by atoms with E-state index in [9.17, 15) is 4.79 Å². The van der Waals surface area contributed by atoms with Crippen LogP contribution in [0, 0.1) is 6.92 Å². The highest BCUT2D eigenvalue weighted by Gasteiger charge is 2.34. The predicted molar refractivity (Wildman–Crippen MR) is 91.0 cm³/mol. The van der Waals surface area contributed by atoms with E-state index in [1.807, 2.05) is 20.0 Å². The largest absolute Gasteiger partial charge is 0.332 e. The van der Waals surface area contributed by atoms with E-state index in [2.05, 4.69) is 20.2 Å². The Balaban J connectivity index is 1.46. The van der Waals surface area contributed by atoms with Crippen LogP contribution < -0.4 is 0 Å². The number of rotatable bonds is 3. The molecule has 1 saturated carbocycles. The van der Waals surface area contributed by atoms with Crippen molar-refractivity contribution in [2.24, 2.45) is 7.05 Å². The Morgan fingerprint density at radius 2 is 2.15 bits per heavy atom. The van der Waals surface area contributed by atoms with Crippen molar-refractivity contribution < 1.29 is 9.32 Å². The Bertz CT molecular complexity index is 1020. The minimum atomic E-state index is -0.0260. The number of nitrogens with zero attached hydrogens (tertiary/aromatic N) is 6. The summed E-state index contributed by atoms with van der Waals surface area (Å²) in [6.07, 6.45) is 3.93. The summed E-state index contributed by atoms with van der Waals surface area (Å²) in [6, 6.07) is 3.60. The normalized spacial score (nSPS) is 16.2. The van der Waals surface area contributed by atoms with E-state index in [1.54, 1.807) is 21.8 Å². The van der Waals surface area contributed by atoms with Crippen LogP contribution in [-0.4, -0.2) is 35.7 Å². The van der Waals surface area contributed by atoms with Crippen LogP contribution in [0.3, 0.4) is 0 Å². The van der Waals surface area contributed by atoms with Gasteiger partial charge in [0.15, 0.2) is 11.5 Å². The van der Waals surface area contributed by atoms with Crippen LogP contribution in [0.1, 0.15) is 51.9 Å². The second kappa shape index (κ2) is 5.48. The maximum Gasteiger partial charge on any atom is 0.278 e. The maximum atomic E-state index is 12.9. The molecule has 8 nitrogen and oxygen atoms in total. The third-order valence-electron chi connectivity index (χ3n) is 5.08. The molecule has 0 aromatic carbocycles. The van der Waals surface area contributed by atoms with Gasteiger partial charge in [-0.2, -0.15) is 10.1 Å². The van der Waals surface area contributed by atoms with E-state index in [0.29, 0.717) is 36.2 Å². The Morgan fingerprint density at radius 3 is 2.92 bits per heavy atom. The van der Waals surface area contributed by atoms with E-state index < -0.39 is 0 Å². The molecule has 0 bridgehead atoms. The van der Waals surface area contributed by atoms with Gasteiger partial charge in [-0.05, 0) is 31.9 Å². The van der Waals surface area contributed by atoms with E-state index >= 15 is 0 Å². The van der Waals surface area contributed by atoms with Gasteiger partial charge in [0, 0.05) is 30.4 Å². The number of aryl methyl sites for hydroxylation is 2. The lowest BCUT2D eigenvalue weighted by molar-refractivity contribution is 0.0747. The minimum absolute atomic E-state index is 0.0260. The molecular weight excluding hydrogens is 332 g/mol. The molecule has 8 heteroatoms. The first-order chi connectivity index (χ1) is 12.6. The highest BCUT2D eigenvalue weighted by molar-refractivity contribution is 5.95. The van der Waals surface area contributed by atoms with Crippen LogP contribution in [0.2, 0.25) is 0 Å². The van der Waals surface area contributed by atoms with Crippen molar-refractivity contribution in [2.45, 2.75) is 38.8 Å². The van der Waals surface area contributed by atoms with Gasteiger partial charge in [0.1, 0.15) is 0 Å². The van der Waals surface area contributed by atoms with Gasteiger partial charge in [-0.15, -0.1) is 0 Å². The fraction of sp³-hybridized carbons (Fsp3) is 0.389. The number of carbonyl (C=O) groups excluding carboxylic acids is 1. The van der Waals surface area contributed by atoms with Crippen molar-refractivity contribution in [2.75, 3.05) is 0 Å². The highest BCUT2D eigenvalue weighted by Crippen LogP contribution is 2.39. The standard InChI is InChI=1S/C18H18N6O2/c1-10-12(4-3-7-19-10)18(25)24-8-13-14(9-24)23(2)21-15(13)17-20-16(22-26-17)11-5-6-11/h3-4,7,11H,5-6,8-9H2,1-2H3. The Kier molecular flexibility index (Phi) is 3.22. The van der Waals surface area contributed by atoms with Gasteiger partial charge < -0.3 is 9.42 Å². The van der Waals surface area contributed by atoms with Crippen LogP contribution in [0.15, 0.2) is 22.9 Å². The molecule has 0 radical (unpaired) electrons.